The molecule has 0 aliphatic carbocycles. The SMILES string of the molecule is Cc1ccc(NC(=O)CN2C(=O)NC(C)(c3ccsc3)C2=O)c(Cl)c1. The van der Waals surface area contributed by atoms with Crippen LogP contribution in [0.3, 0.4) is 0 Å². The molecular formula is C17H16ClN3O3S. The summed E-state index contributed by atoms with van der Waals surface area (Å²) in [5.41, 5.74) is 0.938. The number of urea groups is 1. The topological polar surface area (TPSA) is 78.5 Å². The summed E-state index contributed by atoms with van der Waals surface area (Å²) in [7, 11) is 0. The van der Waals surface area contributed by atoms with E-state index in [-0.39, 0.29) is 6.54 Å². The first-order valence-corrected chi connectivity index (χ1v) is 8.86. The molecule has 1 aromatic heterocycles. The van der Waals surface area contributed by atoms with Crippen LogP contribution >= 0.6 is 22.9 Å². The van der Waals surface area contributed by atoms with Crippen molar-refractivity contribution in [2.75, 3.05) is 11.9 Å². The van der Waals surface area contributed by atoms with E-state index in [0.717, 1.165) is 10.5 Å². The van der Waals surface area contributed by atoms with Gasteiger partial charge in [-0.05, 0) is 53.9 Å². The number of rotatable bonds is 4. The van der Waals surface area contributed by atoms with Crippen molar-refractivity contribution in [3.8, 4) is 0 Å². The van der Waals surface area contributed by atoms with E-state index >= 15 is 0 Å². The summed E-state index contributed by atoms with van der Waals surface area (Å²) in [6.07, 6.45) is 0. The van der Waals surface area contributed by atoms with Crippen LogP contribution in [0.15, 0.2) is 35.0 Å². The Labute approximate surface area is 153 Å². The van der Waals surface area contributed by atoms with E-state index in [1.54, 1.807) is 30.5 Å². The quantitative estimate of drug-likeness (QED) is 0.803. The van der Waals surface area contributed by atoms with Crippen molar-refractivity contribution in [2.45, 2.75) is 19.4 Å². The molecule has 130 valence electrons. The van der Waals surface area contributed by atoms with Crippen molar-refractivity contribution >= 4 is 46.5 Å². The lowest BCUT2D eigenvalue weighted by Gasteiger charge is -2.20. The molecule has 0 saturated carbocycles. The number of carbonyl (C=O) groups excluding carboxylic acids is 3. The van der Waals surface area contributed by atoms with E-state index in [1.165, 1.54) is 11.3 Å². The second-order valence-electron chi connectivity index (χ2n) is 5.99. The molecule has 2 aromatic rings. The van der Waals surface area contributed by atoms with Crippen LogP contribution in [0.5, 0.6) is 0 Å². The molecule has 1 fully saturated rings. The number of carbonyl (C=O) groups is 3. The first-order valence-electron chi connectivity index (χ1n) is 7.54. The molecule has 25 heavy (non-hydrogen) atoms. The number of imide groups is 1. The highest BCUT2D eigenvalue weighted by atomic mass is 35.5. The van der Waals surface area contributed by atoms with Crippen molar-refractivity contribution in [1.29, 1.82) is 0 Å². The van der Waals surface area contributed by atoms with Crippen molar-refractivity contribution in [3.63, 3.8) is 0 Å². The molecule has 3 rings (SSSR count). The molecule has 0 bridgehead atoms. The third-order valence-corrected chi connectivity index (χ3v) is 5.07. The van der Waals surface area contributed by atoms with Crippen molar-refractivity contribution in [1.82, 2.24) is 10.2 Å². The van der Waals surface area contributed by atoms with Gasteiger partial charge in [0.15, 0.2) is 0 Å². The number of amides is 4. The van der Waals surface area contributed by atoms with Crippen LogP contribution in [-0.2, 0) is 15.1 Å². The Morgan fingerprint density at radius 1 is 1.36 bits per heavy atom. The molecule has 2 heterocycles. The highest BCUT2D eigenvalue weighted by molar-refractivity contribution is 7.08. The van der Waals surface area contributed by atoms with Gasteiger partial charge in [0, 0.05) is 0 Å². The fourth-order valence-corrected chi connectivity index (χ4v) is 3.69. The van der Waals surface area contributed by atoms with E-state index in [4.69, 9.17) is 11.6 Å². The molecule has 1 atom stereocenters. The fraction of sp³-hybridized carbons (Fsp3) is 0.235. The van der Waals surface area contributed by atoms with Gasteiger partial charge in [-0.15, -0.1) is 0 Å². The van der Waals surface area contributed by atoms with Gasteiger partial charge in [0.1, 0.15) is 12.1 Å². The first kappa shape index (κ1) is 17.4. The van der Waals surface area contributed by atoms with Crippen molar-refractivity contribution in [3.05, 3.63) is 51.2 Å². The Bertz CT molecular complexity index is 853. The number of nitrogens with one attached hydrogen (secondary N) is 2. The van der Waals surface area contributed by atoms with Crippen LogP contribution in [-0.4, -0.2) is 29.3 Å². The predicted octanol–water partition coefficient (Wildman–Crippen LogP) is 3.12. The zero-order valence-corrected chi connectivity index (χ0v) is 15.2. The van der Waals surface area contributed by atoms with Gasteiger partial charge in [-0.25, -0.2) is 4.79 Å². The molecule has 2 N–H and O–H groups in total. The molecule has 8 heteroatoms. The largest absolute Gasteiger partial charge is 0.325 e. The second kappa shape index (κ2) is 6.50. The van der Waals surface area contributed by atoms with Gasteiger partial charge in [-0.1, -0.05) is 17.7 Å². The van der Waals surface area contributed by atoms with Gasteiger partial charge in [0.05, 0.1) is 10.7 Å². The number of anilines is 1. The number of halogens is 1. The van der Waals surface area contributed by atoms with Crippen LogP contribution in [0.2, 0.25) is 5.02 Å². The minimum atomic E-state index is -1.15. The van der Waals surface area contributed by atoms with Crippen LogP contribution < -0.4 is 10.6 Å². The molecular weight excluding hydrogens is 362 g/mol. The van der Waals surface area contributed by atoms with Gasteiger partial charge in [0.25, 0.3) is 5.91 Å². The maximum absolute atomic E-state index is 12.7. The van der Waals surface area contributed by atoms with E-state index in [9.17, 15) is 14.4 Å². The van der Waals surface area contributed by atoms with E-state index in [0.29, 0.717) is 16.3 Å². The van der Waals surface area contributed by atoms with Gasteiger partial charge < -0.3 is 10.6 Å². The Balaban J connectivity index is 1.73. The molecule has 1 aliphatic heterocycles. The number of hydrogen-bond donors (Lipinski definition) is 2. The average Bonchev–Trinajstić information content (AvgIpc) is 3.15. The second-order valence-corrected chi connectivity index (χ2v) is 7.18. The summed E-state index contributed by atoms with van der Waals surface area (Å²) in [4.78, 5) is 38.0. The lowest BCUT2D eigenvalue weighted by Crippen LogP contribution is -2.41. The standard InChI is InChI=1S/C17H16ClN3O3S/c1-10-3-4-13(12(18)7-10)19-14(22)8-21-15(23)17(2,20-16(21)24)11-5-6-25-9-11/h3-7,9H,8H2,1-2H3,(H,19,22)(H,20,24). The smallest absolute Gasteiger partial charge is 0.323 e. The number of benzene rings is 1. The average molecular weight is 378 g/mol. The van der Waals surface area contributed by atoms with E-state index < -0.39 is 23.4 Å². The molecule has 6 nitrogen and oxygen atoms in total. The molecule has 0 radical (unpaired) electrons. The zero-order chi connectivity index (χ0) is 18.2. The molecule has 4 amide bonds. The summed E-state index contributed by atoms with van der Waals surface area (Å²) in [5.74, 6) is -0.954. The number of aryl methyl sites for hydroxylation is 1. The highest BCUT2D eigenvalue weighted by Crippen LogP contribution is 2.30. The zero-order valence-electron chi connectivity index (χ0n) is 13.6. The molecule has 1 aliphatic rings. The molecule has 1 saturated heterocycles. The van der Waals surface area contributed by atoms with Crippen LogP contribution in [0.4, 0.5) is 10.5 Å². The van der Waals surface area contributed by atoms with Gasteiger partial charge in [0.2, 0.25) is 5.91 Å². The highest BCUT2D eigenvalue weighted by Gasteiger charge is 2.49. The Morgan fingerprint density at radius 3 is 2.76 bits per heavy atom. The number of hydrogen-bond acceptors (Lipinski definition) is 4. The van der Waals surface area contributed by atoms with E-state index in [2.05, 4.69) is 10.6 Å². The summed E-state index contributed by atoms with van der Waals surface area (Å²) in [6.45, 7) is 3.13. The van der Waals surface area contributed by atoms with Crippen LogP contribution in [0.1, 0.15) is 18.1 Å². The number of nitrogens with zero attached hydrogens (tertiary/aromatic N) is 1. The molecule has 1 unspecified atom stereocenters. The summed E-state index contributed by atoms with van der Waals surface area (Å²) >= 11 is 7.52. The third-order valence-electron chi connectivity index (χ3n) is 4.07. The van der Waals surface area contributed by atoms with E-state index in [1.807, 2.05) is 18.4 Å². The van der Waals surface area contributed by atoms with Crippen molar-refractivity contribution in [2.24, 2.45) is 0 Å². The van der Waals surface area contributed by atoms with Crippen molar-refractivity contribution < 1.29 is 14.4 Å². The Morgan fingerprint density at radius 2 is 2.12 bits per heavy atom. The third kappa shape index (κ3) is 3.25. The monoisotopic (exact) mass is 377 g/mol. The van der Waals surface area contributed by atoms with Gasteiger partial charge in [-0.3, -0.25) is 14.5 Å². The number of thiophene rings is 1. The summed E-state index contributed by atoms with van der Waals surface area (Å²) in [5, 5.41) is 9.31. The minimum absolute atomic E-state index is 0.380. The van der Waals surface area contributed by atoms with Crippen LogP contribution in [0, 0.1) is 6.92 Å². The predicted molar refractivity (Wildman–Crippen MR) is 96.7 cm³/mol. The summed E-state index contributed by atoms with van der Waals surface area (Å²) < 4.78 is 0. The molecule has 0 spiro atoms. The Kier molecular flexibility index (Phi) is 4.53. The lowest BCUT2D eigenvalue weighted by molar-refractivity contribution is -0.133. The van der Waals surface area contributed by atoms with Gasteiger partial charge >= 0.3 is 6.03 Å². The minimum Gasteiger partial charge on any atom is -0.323 e. The normalized spacial score (nSPS) is 19.9. The summed E-state index contributed by atoms with van der Waals surface area (Å²) in [6, 6.07) is 6.39. The van der Waals surface area contributed by atoms with Gasteiger partial charge in [-0.2, -0.15) is 11.3 Å². The Hall–Kier alpha value is -2.38. The van der Waals surface area contributed by atoms with Crippen LogP contribution in [0.25, 0.3) is 0 Å². The first-order chi connectivity index (χ1) is 11.8. The molecule has 1 aromatic carbocycles. The maximum atomic E-state index is 12.7. The lowest BCUT2D eigenvalue weighted by atomic mass is 9.95. The fourth-order valence-electron chi connectivity index (χ4n) is 2.64. The maximum Gasteiger partial charge on any atom is 0.325 e.